The van der Waals surface area contributed by atoms with Gasteiger partial charge in [-0.3, -0.25) is 0 Å². The van der Waals surface area contributed by atoms with Gasteiger partial charge in [0.2, 0.25) is 0 Å². The first kappa shape index (κ1) is 36.7. The zero-order valence-corrected chi connectivity index (χ0v) is 36.0. The van der Waals surface area contributed by atoms with E-state index in [0.29, 0.717) is 0 Å². The average Bonchev–Trinajstić information content (AvgIpc) is 3.38. The predicted octanol–water partition coefficient (Wildman–Crippen LogP) is 18.4. The van der Waals surface area contributed by atoms with E-state index in [1.165, 1.54) is 86.2 Å². The topological polar surface area (TPSA) is 6.48 Å². The van der Waals surface area contributed by atoms with Crippen molar-refractivity contribution < 1.29 is 0 Å². The SMILES string of the molecule is c1ccc(-c2cccc(N(c3ccccc3)c3cc4cccc5c6cccc7cccc(c(c3)c45)c76)c2N(c2ccccc2)c2cc3cccc4c5cccc6cccc(c(c2)c34)c65)cc1. The van der Waals surface area contributed by atoms with E-state index in [9.17, 15) is 0 Å². The van der Waals surface area contributed by atoms with E-state index in [1.54, 1.807) is 0 Å². The molecule has 0 amide bonds. The van der Waals surface area contributed by atoms with Crippen LogP contribution in [0.5, 0.6) is 0 Å². The lowest BCUT2D eigenvalue weighted by Gasteiger charge is -2.35. The Morgan fingerprint density at radius 1 is 0.227 bits per heavy atom. The van der Waals surface area contributed by atoms with Gasteiger partial charge in [0.1, 0.15) is 0 Å². The van der Waals surface area contributed by atoms with Crippen molar-refractivity contribution in [3.63, 3.8) is 0 Å². The third-order valence-corrected chi connectivity index (χ3v) is 14.0. The van der Waals surface area contributed by atoms with Crippen LogP contribution >= 0.6 is 0 Å². The first-order valence-electron chi connectivity index (χ1n) is 22.8. The number of benzene rings is 14. The fourth-order valence-corrected chi connectivity index (χ4v) is 11.3. The average molecular weight is 837 g/mol. The number of para-hydroxylation sites is 3. The number of rotatable bonds is 7. The van der Waals surface area contributed by atoms with Crippen LogP contribution in [0, 0.1) is 0 Å². The molecule has 0 aromatic heterocycles. The number of hydrogen-bond acceptors (Lipinski definition) is 2. The van der Waals surface area contributed by atoms with Gasteiger partial charge in [-0.25, -0.2) is 0 Å². The van der Waals surface area contributed by atoms with E-state index in [-0.39, 0.29) is 0 Å². The smallest absolute Gasteiger partial charge is 0.0781 e. The Morgan fingerprint density at radius 3 is 1.06 bits per heavy atom. The summed E-state index contributed by atoms with van der Waals surface area (Å²) in [7, 11) is 0. The van der Waals surface area contributed by atoms with Crippen molar-refractivity contribution >= 4 is 120 Å². The van der Waals surface area contributed by atoms with Gasteiger partial charge in [0.15, 0.2) is 0 Å². The molecule has 14 aromatic rings. The molecule has 2 nitrogen and oxygen atoms in total. The normalized spacial score (nSPS) is 11.9. The van der Waals surface area contributed by atoms with Crippen molar-refractivity contribution in [3.8, 4) is 11.1 Å². The maximum Gasteiger partial charge on any atom is 0.0781 e. The lowest BCUT2D eigenvalue weighted by atomic mass is 9.89. The molecular weight excluding hydrogens is 797 g/mol. The summed E-state index contributed by atoms with van der Waals surface area (Å²) in [5, 5.41) is 20.4. The molecule has 0 radical (unpaired) electrons. The molecule has 0 atom stereocenters. The van der Waals surface area contributed by atoms with Crippen LogP contribution in [0.15, 0.2) is 243 Å². The van der Waals surface area contributed by atoms with Gasteiger partial charge in [0, 0.05) is 28.3 Å². The van der Waals surface area contributed by atoms with Gasteiger partial charge in [-0.1, -0.05) is 188 Å². The van der Waals surface area contributed by atoms with Crippen molar-refractivity contribution in [3.05, 3.63) is 243 Å². The molecule has 0 aliphatic carbocycles. The Morgan fingerprint density at radius 2 is 0.591 bits per heavy atom. The molecule has 306 valence electrons. The van der Waals surface area contributed by atoms with Gasteiger partial charge >= 0.3 is 0 Å². The monoisotopic (exact) mass is 836 g/mol. The zero-order valence-electron chi connectivity index (χ0n) is 36.0. The summed E-state index contributed by atoms with van der Waals surface area (Å²) >= 11 is 0. The molecule has 0 spiro atoms. The molecule has 14 rings (SSSR count). The Balaban J connectivity index is 1.11. The predicted molar refractivity (Wildman–Crippen MR) is 284 cm³/mol. The van der Waals surface area contributed by atoms with Crippen LogP contribution < -0.4 is 9.80 Å². The van der Waals surface area contributed by atoms with E-state index in [2.05, 4.69) is 252 Å². The van der Waals surface area contributed by atoms with Crippen LogP contribution in [0.1, 0.15) is 0 Å². The quantitative estimate of drug-likeness (QED) is 0.117. The second-order valence-electron chi connectivity index (χ2n) is 17.6. The maximum absolute atomic E-state index is 2.51. The number of anilines is 6. The minimum Gasteiger partial charge on any atom is -0.308 e. The third-order valence-electron chi connectivity index (χ3n) is 14.0. The molecule has 0 bridgehead atoms. The molecule has 0 unspecified atom stereocenters. The van der Waals surface area contributed by atoms with Crippen molar-refractivity contribution in [2.75, 3.05) is 9.80 Å². The lowest BCUT2D eigenvalue weighted by Crippen LogP contribution is -2.18. The molecule has 0 heterocycles. The summed E-state index contributed by atoms with van der Waals surface area (Å²) < 4.78 is 0. The summed E-state index contributed by atoms with van der Waals surface area (Å²) in [6.07, 6.45) is 0. The summed E-state index contributed by atoms with van der Waals surface area (Å²) in [5.74, 6) is 0. The van der Waals surface area contributed by atoms with Crippen LogP contribution in [-0.4, -0.2) is 0 Å². The summed E-state index contributed by atoms with van der Waals surface area (Å²) in [4.78, 5) is 5.00. The van der Waals surface area contributed by atoms with Crippen LogP contribution in [0.25, 0.3) is 97.3 Å². The first-order valence-corrected chi connectivity index (χ1v) is 22.8. The van der Waals surface area contributed by atoms with E-state index in [4.69, 9.17) is 0 Å². The Labute approximate surface area is 382 Å². The molecule has 2 heteroatoms. The Hall–Kier alpha value is -8.72. The standard InChI is InChI=1S/C64H40N2/c1-4-17-41(18-5-1)50-29-16-36-59(65(46-25-6-2-7-26-46)48-37-44-23-14-32-53-51-30-10-19-42-21-12-34-55(60(42)51)57(39-48)62(44)53)64(50)66(47-27-8-3-9-28-47)49-38-45-24-15-33-54-52-31-11-20-43-22-13-35-56(61(43)52)58(40-49)63(45)54/h1-40H. The Bertz CT molecular complexity index is 4150. The first-order chi connectivity index (χ1) is 32.8. The van der Waals surface area contributed by atoms with Gasteiger partial charge < -0.3 is 9.80 Å². The molecule has 0 fully saturated rings. The van der Waals surface area contributed by atoms with E-state index in [1.807, 2.05) is 0 Å². The van der Waals surface area contributed by atoms with Gasteiger partial charge in [-0.05, 0) is 146 Å². The van der Waals surface area contributed by atoms with Gasteiger partial charge in [0.25, 0.3) is 0 Å². The van der Waals surface area contributed by atoms with E-state index < -0.39 is 0 Å². The second-order valence-corrected chi connectivity index (χ2v) is 17.6. The van der Waals surface area contributed by atoms with Crippen molar-refractivity contribution in [1.82, 2.24) is 0 Å². The summed E-state index contributed by atoms with van der Waals surface area (Å²) in [6.45, 7) is 0. The van der Waals surface area contributed by atoms with Crippen molar-refractivity contribution in [1.29, 1.82) is 0 Å². The van der Waals surface area contributed by atoms with Crippen molar-refractivity contribution in [2.24, 2.45) is 0 Å². The number of fused-ring (bicyclic) bond motifs is 4. The highest BCUT2D eigenvalue weighted by Crippen LogP contribution is 2.53. The molecule has 0 N–H and O–H groups in total. The maximum atomic E-state index is 2.51. The molecule has 66 heavy (non-hydrogen) atoms. The minimum atomic E-state index is 1.07. The molecule has 14 aromatic carbocycles. The largest absolute Gasteiger partial charge is 0.308 e. The van der Waals surface area contributed by atoms with Gasteiger partial charge in [-0.2, -0.15) is 0 Å². The highest BCUT2D eigenvalue weighted by Gasteiger charge is 2.28. The fraction of sp³-hybridized carbons (Fsp3) is 0. The fourth-order valence-electron chi connectivity index (χ4n) is 11.3. The highest BCUT2D eigenvalue weighted by molar-refractivity contribution is 6.35. The van der Waals surface area contributed by atoms with Crippen LogP contribution in [0.2, 0.25) is 0 Å². The van der Waals surface area contributed by atoms with E-state index in [0.717, 1.165) is 45.3 Å². The molecule has 0 saturated carbocycles. The number of nitrogens with zero attached hydrogens (tertiary/aromatic N) is 2. The molecule has 0 aliphatic heterocycles. The van der Waals surface area contributed by atoms with Crippen LogP contribution in [0.4, 0.5) is 34.1 Å². The second kappa shape index (κ2) is 14.4. The minimum absolute atomic E-state index is 1.07. The van der Waals surface area contributed by atoms with Crippen LogP contribution in [0.3, 0.4) is 0 Å². The highest BCUT2D eigenvalue weighted by atomic mass is 15.2. The lowest BCUT2D eigenvalue weighted by molar-refractivity contribution is 1.23. The molecular formula is C64H40N2. The molecule has 0 saturated heterocycles. The summed E-state index contributed by atoms with van der Waals surface area (Å²) in [5.41, 5.74) is 8.78. The third kappa shape index (κ3) is 5.42. The van der Waals surface area contributed by atoms with Crippen LogP contribution in [-0.2, 0) is 0 Å². The van der Waals surface area contributed by atoms with E-state index >= 15 is 0 Å². The zero-order chi connectivity index (χ0) is 43.3. The Kier molecular flexibility index (Phi) is 8.02. The van der Waals surface area contributed by atoms with Gasteiger partial charge in [-0.15, -0.1) is 0 Å². The van der Waals surface area contributed by atoms with Gasteiger partial charge in [0.05, 0.1) is 11.4 Å². The summed E-state index contributed by atoms with van der Waals surface area (Å²) in [6, 6.07) is 89.8. The molecule has 0 aliphatic rings. The number of hydrogen-bond donors (Lipinski definition) is 0. The van der Waals surface area contributed by atoms with Crippen molar-refractivity contribution in [2.45, 2.75) is 0 Å².